The number of aliphatic hydroxyl groups excluding tert-OH is 2. The molecule has 2 N–H and O–H groups in total. The average molecular weight is 307 g/mol. The molecule has 0 aliphatic carbocycles. The van der Waals surface area contributed by atoms with Gasteiger partial charge in [0, 0.05) is 22.8 Å². The van der Waals surface area contributed by atoms with E-state index in [0.29, 0.717) is 6.42 Å². The molecule has 116 valence electrons. The molecule has 0 amide bonds. The molecule has 0 saturated carbocycles. The summed E-state index contributed by atoms with van der Waals surface area (Å²) in [5.41, 5.74) is 2.88. The van der Waals surface area contributed by atoms with Gasteiger partial charge in [-0.05, 0) is 24.3 Å². The Labute approximate surface area is 133 Å². The average Bonchev–Trinajstić information content (AvgIpc) is 3.11. The van der Waals surface area contributed by atoms with E-state index in [9.17, 15) is 10.2 Å². The summed E-state index contributed by atoms with van der Waals surface area (Å²) in [5, 5.41) is 21.6. The van der Waals surface area contributed by atoms with Crippen molar-refractivity contribution in [2.45, 2.75) is 24.9 Å². The van der Waals surface area contributed by atoms with Crippen LogP contribution in [0.1, 0.15) is 18.2 Å². The number of ether oxygens (including phenoxy) is 1. The molecule has 1 fully saturated rings. The molecule has 23 heavy (non-hydrogen) atoms. The van der Waals surface area contributed by atoms with Crippen LogP contribution in [-0.2, 0) is 4.74 Å². The van der Waals surface area contributed by atoms with E-state index in [1.807, 2.05) is 36.4 Å². The first-order chi connectivity index (χ1) is 11.2. The minimum Gasteiger partial charge on any atom is -0.394 e. The molecule has 0 unspecified atom stereocenters. The number of nitrogens with zero attached hydrogens (tertiary/aromatic N) is 1. The summed E-state index contributed by atoms with van der Waals surface area (Å²) >= 11 is 0. The first-order valence-electron chi connectivity index (χ1n) is 7.66. The van der Waals surface area contributed by atoms with Crippen molar-refractivity contribution in [2.24, 2.45) is 0 Å². The maximum atomic E-state index is 10.1. The van der Waals surface area contributed by atoms with Gasteiger partial charge in [0.2, 0.25) is 0 Å². The number of terminal acetylenes is 1. The zero-order valence-corrected chi connectivity index (χ0v) is 12.5. The third-order valence-corrected chi connectivity index (χ3v) is 4.55. The third-order valence-electron chi connectivity index (χ3n) is 4.55. The van der Waals surface area contributed by atoms with Crippen molar-refractivity contribution >= 4 is 21.8 Å². The summed E-state index contributed by atoms with van der Waals surface area (Å²) < 4.78 is 7.95. The fourth-order valence-electron chi connectivity index (χ4n) is 3.44. The molecule has 1 aliphatic heterocycles. The lowest BCUT2D eigenvalue weighted by Crippen LogP contribution is -2.24. The van der Waals surface area contributed by atoms with Crippen molar-refractivity contribution in [1.82, 2.24) is 4.57 Å². The summed E-state index contributed by atoms with van der Waals surface area (Å²) in [7, 11) is 0. The summed E-state index contributed by atoms with van der Waals surface area (Å²) in [5.74, 6) is 2.67. The first-order valence-corrected chi connectivity index (χ1v) is 7.66. The molecule has 2 heterocycles. The fourth-order valence-corrected chi connectivity index (χ4v) is 3.44. The van der Waals surface area contributed by atoms with Crippen LogP contribution in [0.25, 0.3) is 21.8 Å². The van der Waals surface area contributed by atoms with Crippen LogP contribution in [0.4, 0.5) is 0 Å². The number of aromatic nitrogens is 1. The van der Waals surface area contributed by atoms with E-state index in [1.54, 1.807) is 0 Å². The van der Waals surface area contributed by atoms with E-state index in [0.717, 1.165) is 27.4 Å². The Bertz CT molecular complexity index is 921. The highest BCUT2D eigenvalue weighted by atomic mass is 16.5. The van der Waals surface area contributed by atoms with Gasteiger partial charge in [-0.1, -0.05) is 24.1 Å². The topological polar surface area (TPSA) is 54.6 Å². The van der Waals surface area contributed by atoms with Crippen molar-refractivity contribution in [2.75, 3.05) is 6.61 Å². The highest BCUT2D eigenvalue weighted by Crippen LogP contribution is 2.37. The van der Waals surface area contributed by atoms with E-state index in [1.165, 1.54) is 0 Å². The van der Waals surface area contributed by atoms with Crippen molar-refractivity contribution in [1.29, 1.82) is 0 Å². The third kappa shape index (κ3) is 2.13. The number of para-hydroxylation sites is 1. The molecular weight excluding hydrogens is 290 g/mol. The first kappa shape index (κ1) is 14.3. The molecule has 0 bridgehead atoms. The smallest absolute Gasteiger partial charge is 0.137 e. The molecular formula is C19H17NO3. The van der Waals surface area contributed by atoms with Crippen LogP contribution in [0.3, 0.4) is 0 Å². The number of fused-ring (bicyclic) bond motifs is 3. The standard InChI is InChI=1S/C19H17NO3/c1-2-12-7-8-16-14(9-12)13-5-3-4-6-15(13)20(16)19-10-17(22)18(11-21)23-19/h1,3-9,17-19,21-22H,10-11H2/t17-,18+,19-/m0/s1. The molecule has 3 aromatic rings. The van der Waals surface area contributed by atoms with Gasteiger partial charge in [-0.3, -0.25) is 0 Å². The lowest BCUT2D eigenvalue weighted by Gasteiger charge is -2.16. The zero-order valence-electron chi connectivity index (χ0n) is 12.5. The van der Waals surface area contributed by atoms with Gasteiger partial charge in [0.15, 0.2) is 0 Å². The lowest BCUT2D eigenvalue weighted by atomic mass is 10.1. The quantitative estimate of drug-likeness (QED) is 0.715. The minimum absolute atomic E-state index is 0.184. The minimum atomic E-state index is -0.661. The van der Waals surface area contributed by atoms with Gasteiger partial charge in [0.1, 0.15) is 12.3 Å². The number of benzene rings is 2. The van der Waals surface area contributed by atoms with Crippen LogP contribution < -0.4 is 0 Å². The number of hydrogen-bond donors (Lipinski definition) is 2. The monoisotopic (exact) mass is 307 g/mol. The SMILES string of the molecule is C#Cc1ccc2c(c1)c1ccccc1n2[C@@H]1C[C@H](O)[C@@H](CO)O1. The Morgan fingerprint density at radius 1 is 1.17 bits per heavy atom. The second-order valence-electron chi connectivity index (χ2n) is 5.88. The molecule has 4 heteroatoms. The molecule has 0 radical (unpaired) electrons. The Morgan fingerprint density at radius 2 is 1.96 bits per heavy atom. The van der Waals surface area contributed by atoms with Gasteiger partial charge >= 0.3 is 0 Å². The Kier molecular flexibility index (Phi) is 3.35. The normalized spacial score (nSPS) is 24.3. The van der Waals surface area contributed by atoms with Crippen molar-refractivity contribution in [3.8, 4) is 12.3 Å². The van der Waals surface area contributed by atoms with Crippen LogP contribution in [0.2, 0.25) is 0 Å². The summed E-state index contributed by atoms with van der Waals surface area (Å²) in [4.78, 5) is 0. The second kappa shape index (κ2) is 5.39. The van der Waals surface area contributed by atoms with Gasteiger partial charge in [-0.25, -0.2) is 0 Å². The van der Waals surface area contributed by atoms with E-state index < -0.39 is 12.2 Å². The van der Waals surface area contributed by atoms with Crippen LogP contribution in [0.5, 0.6) is 0 Å². The molecule has 1 aliphatic rings. The van der Waals surface area contributed by atoms with E-state index in [4.69, 9.17) is 11.2 Å². The maximum Gasteiger partial charge on any atom is 0.137 e. The highest BCUT2D eigenvalue weighted by molar-refractivity contribution is 6.08. The Morgan fingerprint density at radius 3 is 2.70 bits per heavy atom. The molecule has 4 nitrogen and oxygen atoms in total. The molecule has 0 spiro atoms. The number of rotatable bonds is 2. The molecule has 3 atom stereocenters. The predicted molar refractivity (Wildman–Crippen MR) is 89.0 cm³/mol. The Hall–Kier alpha value is -2.32. The fraction of sp³-hybridized carbons (Fsp3) is 0.263. The molecule has 4 rings (SSSR count). The largest absolute Gasteiger partial charge is 0.394 e. The van der Waals surface area contributed by atoms with Crippen LogP contribution in [0, 0.1) is 12.3 Å². The second-order valence-corrected chi connectivity index (χ2v) is 5.88. The van der Waals surface area contributed by atoms with E-state index >= 15 is 0 Å². The highest BCUT2D eigenvalue weighted by Gasteiger charge is 2.35. The molecule has 1 saturated heterocycles. The summed E-state index contributed by atoms with van der Waals surface area (Å²) in [6.45, 7) is -0.184. The van der Waals surface area contributed by atoms with Crippen molar-refractivity contribution in [3.63, 3.8) is 0 Å². The molecule has 2 aromatic carbocycles. The van der Waals surface area contributed by atoms with Gasteiger partial charge in [-0.15, -0.1) is 6.42 Å². The van der Waals surface area contributed by atoms with Crippen molar-refractivity contribution in [3.05, 3.63) is 48.0 Å². The van der Waals surface area contributed by atoms with Crippen LogP contribution >= 0.6 is 0 Å². The van der Waals surface area contributed by atoms with Crippen LogP contribution in [0.15, 0.2) is 42.5 Å². The van der Waals surface area contributed by atoms with E-state index in [-0.39, 0.29) is 12.8 Å². The summed E-state index contributed by atoms with van der Waals surface area (Å²) in [6.07, 6.45) is 4.47. The van der Waals surface area contributed by atoms with Gasteiger partial charge < -0.3 is 19.5 Å². The number of aliphatic hydroxyl groups is 2. The molecule has 1 aromatic heterocycles. The number of hydrogen-bond acceptors (Lipinski definition) is 3. The van der Waals surface area contributed by atoms with E-state index in [2.05, 4.69) is 16.6 Å². The van der Waals surface area contributed by atoms with Crippen molar-refractivity contribution < 1.29 is 14.9 Å². The van der Waals surface area contributed by atoms with Gasteiger partial charge in [0.05, 0.1) is 23.7 Å². The lowest BCUT2D eigenvalue weighted by molar-refractivity contribution is -0.0416. The predicted octanol–water partition coefficient (Wildman–Crippen LogP) is 2.42. The Balaban J connectivity index is 1.96. The van der Waals surface area contributed by atoms with Gasteiger partial charge in [-0.2, -0.15) is 0 Å². The zero-order chi connectivity index (χ0) is 16.0. The summed E-state index contributed by atoms with van der Waals surface area (Å²) in [6, 6.07) is 14.0. The van der Waals surface area contributed by atoms with Crippen LogP contribution in [-0.4, -0.2) is 33.6 Å². The van der Waals surface area contributed by atoms with Gasteiger partial charge in [0.25, 0.3) is 0 Å². The maximum absolute atomic E-state index is 10.1.